The molecule has 6 heteroatoms. The highest BCUT2D eigenvalue weighted by Crippen LogP contribution is 2.09. The molecule has 1 aliphatic rings. The van der Waals surface area contributed by atoms with E-state index in [0.717, 1.165) is 6.42 Å². The van der Waals surface area contributed by atoms with Crippen LogP contribution in [0.3, 0.4) is 0 Å². The van der Waals surface area contributed by atoms with E-state index in [1.165, 1.54) is 16.4 Å². The van der Waals surface area contributed by atoms with Crippen LogP contribution in [0.4, 0.5) is 0 Å². The highest BCUT2D eigenvalue weighted by molar-refractivity contribution is 7.12. The van der Waals surface area contributed by atoms with Crippen molar-refractivity contribution in [1.82, 2.24) is 10.4 Å². The van der Waals surface area contributed by atoms with Crippen molar-refractivity contribution in [2.45, 2.75) is 19.3 Å². The number of carbonyl (C=O) groups excluding carboxylic acids is 2. The van der Waals surface area contributed by atoms with Crippen molar-refractivity contribution in [3.8, 4) is 0 Å². The monoisotopic (exact) mass is 268 g/mol. The molecule has 5 nitrogen and oxygen atoms in total. The van der Waals surface area contributed by atoms with E-state index in [2.05, 4.69) is 5.32 Å². The molecule has 1 aromatic rings. The van der Waals surface area contributed by atoms with Gasteiger partial charge in [-0.2, -0.15) is 0 Å². The van der Waals surface area contributed by atoms with Gasteiger partial charge in [-0.25, -0.2) is 5.06 Å². The fraction of sp³-hybridized carbons (Fsp3) is 0.500. The minimum absolute atomic E-state index is 0.00197. The Hall–Kier alpha value is -1.40. The van der Waals surface area contributed by atoms with Crippen molar-refractivity contribution in [1.29, 1.82) is 0 Å². The van der Waals surface area contributed by atoms with E-state index in [0.29, 0.717) is 37.4 Å². The molecular formula is C12H16N2O3S. The van der Waals surface area contributed by atoms with Crippen molar-refractivity contribution in [3.63, 3.8) is 0 Å². The number of nitrogens with one attached hydrogen (secondary N) is 1. The molecule has 0 unspecified atom stereocenters. The Labute approximate surface area is 110 Å². The Kier molecular flexibility index (Phi) is 4.72. The topological polar surface area (TPSA) is 58.6 Å². The molecule has 1 aliphatic heterocycles. The summed E-state index contributed by atoms with van der Waals surface area (Å²) in [6, 6.07) is 3.62. The van der Waals surface area contributed by atoms with Gasteiger partial charge < -0.3 is 5.32 Å². The van der Waals surface area contributed by atoms with Gasteiger partial charge in [-0.1, -0.05) is 6.07 Å². The molecule has 2 heterocycles. The third kappa shape index (κ3) is 3.54. The Morgan fingerprint density at radius 3 is 3.06 bits per heavy atom. The van der Waals surface area contributed by atoms with E-state index >= 15 is 0 Å². The van der Waals surface area contributed by atoms with Crippen LogP contribution in [0.2, 0.25) is 0 Å². The van der Waals surface area contributed by atoms with Crippen LogP contribution in [-0.4, -0.2) is 36.6 Å². The lowest BCUT2D eigenvalue weighted by Gasteiger charge is -2.13. The molecule has 0 aliphatic carbocycles. The van der Waals surface area contributed by atoms with Crippen LogP contribution in [0, 0.1) is 0 Å². The van der Waals surface area contributed by atoms with Crippen molar-refractivity contribution in [3.05, 3.63) is 22.4 Å². The molecule has 0 aromatic carbocycles. The zero-order chi connectivity index (χ0) is 12.8. The van der Waals surface area contributed by atoms with Gasteiger partial charge in [-0.05, 0) is 24.3 Å². The highest BCUT2D eigenvalue weighted by atomic mass is 32.1. The van der Waals surface area contributed by atoms with Crippen molar-refractivity contribution < 1.29 is 14.4 Å². The van der Waals surface area contributed by atoms with Gasteiger partial charge in [0.2, 0.25) is 5.91 Å². The summed E-state index contributed by atoms with van der Waals surface area (Å²) in [7, 11) is 0. The average Bonchev–Trinajstić information content (AvgIpc) is 3.05. The van der Waals surface area contributed by atoms with Crippen LogP contribution in [0.15, 0.2) is 17.5 Å². The number of thiophene rings is 1. The lowest BCUT2D eigenvalue weighted by Crippen LogP contribution is -2.28. The van der Waals surface area contributed by atoms with E-state index in [9.17, 15) is 9.59 Å². The molecule has 2 amide bonds. The normalized spacial score (nSPS) is 14.8. The van der Waals surface area contributed by atoms with Crippen molar-refractivity contribution in [2.24, 2.45) is 0 Å². The molecule has 1 N–H and O–H groups in total. The summed E-state index contributed by atoms with van der Waals surface area (Å²) in [5.41, 5.74) is 0. The van der Waals surface area contributed by atoms with Crippen LogP contribution >= 0.6 is 11.3 Å². The summed E-state index contributed by atoms with van der Waals surface area (Å²) in [5.74, 6) is -0.0762. The summed E-state index contributed by atoms with van der Waals surface area (Å²) in [4.78, 5) is 29.0. The van der Waals surface area contributed by atoms with Gasteiger partial charge in [0, 0.05) is 13.0 Å². The lowest BCUT2D eigenvalue weighted by molar-refractivity contribution is -0.168. The third-order valence-corrected chi connectivity index (χ3v) is 3.50. The number of amides is 2. The maximum absolute atomic E-state index is 11.6. The average molecular weight is 268 g/mol. The number of hydroxylamine groups is 2. The maximum atomic E-state index is 11.6. The summed E-state index contributed by atoms with van der Waals surface area (Å²) in [6.07, 6.45) is 1.95. The molecule has 2 rings (SSSR count). The molecule has 98 valence electrons. The maximum Gasteiger partial charge on any atom is 0.261 e. The molecule has 0 saturated carbocycles. The molecule has 18 heavy (non-hydrogen) atoms. The van der Waals surface area contributed by atoms with E-state index in [-0.39, 0.29) is 11.8 Å². The molecule has 0 bridgehead atoms. The molecule has 0 spiro atoms. The quantitative estimate of drug-likeness (QED) is 0.822. The van der Waals surface area contributed by atoms with Gasteiger partial charge in [0.05, 0.1) is 18.0 Å². The third-order valence-electron chi connectivity index (χ3n) is 2.63. The summed E-state index contributed by atoms with van der Waals surface area (Å²) in [5, 5.41) is 6.07. The first kappa shape index (κ1) is 13.0. The lowest BCUT2D eigenvalue weighted by atomic mass is 10.3. The fourth-order valence-electron chi connectivity index (χ4n) is 1.71. The minimum Gasteiger partial charge on any atom is -0.351 e. The van der Waals surface area contributed by atoms with Gasteiger partial charge in [-0.3, -0.25) is 14.4 Å². The Morgan fingerprint density at radius 2 is 2.39 bits per heavy atom. The van der Waals surface area contributed by atoms with Crippen LogP contribution in [0.5, 0.6) is 0 Å². The Balaban J connectivity index is 1.61. The zero-order valence-electron chi connectivity index (χ0n) is 10.1. The number of carbonyl (C=O) groups is 2. The van der Waals surface area contributed by atoms with Gasteiger partial charge in [-0.15, -0.1) is 11.3 Å². The first-order valence-corrected chi connectivity index (χ1v) is 6.90. The second-order valence-electron chi connectivity index (χ2n) is 4.02. The largest absolute Gasteiger partial charge is 0.351 e. The van der Waals surface area contributed by atoms with Crippen LogP contribution in [0.1, 0.15) is 28.9 Å². The van der Waals surface area contributed by atoms with Gasteiger partial charge in [0.15, 0.2) is 0 Å². The van der Waals surface area contributed by atoms with Crippen LogP contribution in [-0.2, 0) is 9.63 Å². The predicted molar refractivity (Wildman–Crippen MR) is 68.2 cm³/mol. The number of hydrogen-bond donors (Lipinski definition) is 1. The second-order valence-corrected chi connectivity index (χ2v) is 4.97. The van der Waals surface area contributed by atoms with Crippen LogP contribution in [0.25, 0.3) is 0 Å². The Bertz CT molecular complexity index is 399. The molecular weight excluding hydrogens is 252 g/mol. The SMILES string of the molecule is O=C(NCCCC(=O)N1CCCO1)c1cccs1. The number of hydrogen-bond acceptors (Lipinski definition) is 4. The summed E-state index contributed by atoms with van der Waals surface area (Å²) in [6.45, 7) is 1.82. The highest BCUT2D eigenvalue weighted by Gasteiger charge is 2.18. The molecule has 1 fully saturated rings. The van der Waals surface area contributed by atoms with Gasteiger partial charge in [0.1, 0.15) is 0 Å². The first-order chi connectivity index (χ1) is 8.77. The fourth-order valence-corrected chi connectivity index (χ4v) is 2.35. The van der Waals surface area contributed by atoms with Crippen LogP contribution < -0.4 is 5.32 Å². The number of nitrogens with zero attached hydrogens (tertiary/aromatic N) is 1. The van der Waals surface area contributed by atoms with Gasteiger partial charge >= 0.3 is 0 Å². The minimum atomic E-state index is -0.0742. The van der Waals surface area contributed by atoms with Crippen molar-refractivity contribution in [2.75, 3.05) is 19.7 Å². The zero-order valence-corrected chi connectivity index (χ0v) is 10.9. The molecule has 0 radical (unpaired) electrons. The molecule has 1 saturated heterocycles. The Morgan fingerprint density at radius 1 is 1.50 bits per heavy atom. The number of rotatable bonds is 5. The smallest absolute Gasteiger partial charge is 0.261 e. The van der Waals surface area contributed by atoms with E-state index < -0.39 is 0 Å². The molecule has 0 atom stereocenters. The second kappa shape index (κ2) is 6.51. The van der Waals surface area contributed by atoms with E-state index in [1.807, 2.05) is 11.4 Å². The van der Waals surface area contributed by atoms with E-state index in [1.54, 1.807) is 6.07 Å². The van der Waals surface area contributed by atoms with E-state index in [4.69, 9.17) is 4.84 Å². The standard InChI is InChI=1S/C12H16N2O3S/c15-11(14-7-3-8-17-14)5-1-6-13-12(16)10-4-2-9-18-10/h2,4,9H,1,3,5-8H2,(H,13,16). The summed E-state index contributed by atoms with van der Waals surface area (Å²) < 4.78 is 0. The first-order valence-electron chi connectivity index (χ1n) is 6.02. The van der Waals surface area contributed by atoms with Gasteiger partial charge in [0.25, 0.3) is 5.91 Å². The summed E-state index contributed by atoms with van der Waals surface area (Å²) >= 11 is 1.41. The predicted octanol–water partition coefficient (Wildman–Crippen LogP) is 1.42. The van der Waals surface area contributed by atoms with Crippen molar-refractivity contribution >= 4 is 23.2 Å². The molecule has 1 aromatic heterocycles.